The maximum atomic E-state index is 11.7. The summed E-state index contributed by atoms with van der Waals surface area (Å²) in [5.41, 5.74) is 0.305. The summed E-state index contributed by atoms with van der Waals surface area (Å²) in [5.74, 6) is -0.815. The topological polar surface area (TPSA) is 78.4 Å². The summed E-state index contributed by atoms with van der Waals surface area (Å²) in [5, 5.41) is 18.6. The lowest BCUT2D eigenvalue weighted by molar-refractivity contribution is -0.153. The fourth-order valence-corrected chi connectivity index (χ4v) is 2.93. The first kappa shape index (κ1) is 13.9. The highest BCUT2D eigenvalue weighted by Gasteiger charge is 2.44. The molecule has 0 aromatic carbocycles. The fraction of sp³-hybridized carbons (Fsp3) is 0.538. The first-order valence-electron chi connectivity index (χ1n) is 6.33. The minimum absolute atomic E-state index is 0.0755. The van der Waals surface area contributed by atoms with Crippen LogP contribution in [0.1, 0.15) is 37.8 Å². The summed E-state index contributed by atoms with van der Waals surface area (Å²) in [6.07, 6.45) is 2.20. The van der Waals surface area contributed by atoms with E-state index in [0.29, 0.717) is 12.8 Å². The van der Waals surface area contributed by atoms with Gasteiger partial charge in [-0.2, -0.15) is 11.3 Å². The van der Waals surface area contributed by atoms with Gasteiger partial charge in [0, 0.05) is 6.54 Å². The zero-order valence-corrected chi connectivity index (χ0v) is 11.6. The van der Waals surface area contributed by atoms with E-state index in [1.807, 2.05) is 23.8 Å². The molecule has 1 unspecified atom stereocenters. The van der Waals surface area contributed by atoms with E-state index in [-0.39, 0.29) is 18.6 Å². The van der Waals surface area contributed by atoms with Crippen LogP contribution in [-0.4, -0.2) is 23.7 Å². The second-order valence-electron chi connectivity index (χ2n) is 5.04. The summed E-state index contributed by atoms with van der Waals surface area (Å²) in [6.45, 7) is 2.10. The third kappa shape index (κ3) is 3.07. The Balaban J connectivity index is 1.80. The third-order valence-corrected chi connectivity index (χ3v) is 4.44. The molecule has 1 aromatic heterocycles. The zero-order chi connectivity index (χ0) is 13.9. The lowest BCUT2D eigenvalue weighted by atomic mass is 9.69. The SMILES string of the molecule is CC(NC(=O)NCC1(C(=O)O)CCC1)c1ccsc1. The Morgan fingerprint density at radius 3 is 2.74 bits per heavy atom. The Morgan fingerprint density at radius 2 is 2.26 bits per heavy atom. The van der Waals surface area contributed by atoms with Crippen molar-refractivity contribution in [3.05, 3.63) is 22.4 Å². The number of hydrogen-bond donors (Lipinski definition) is 3. The van der Waals surface area contributed by atoms with Crippen LogP contribution < -0.4 is 10.6 Å². The van der Waals surface area contributed by atoms with Crippen molar-refractivity contribution in [3.8, 4) is 0 Å². The van der Waals surface area contributed by atoms with Crippen LogP contribution >= 0.6 is 11.3 Å². The highest BCUT2D eigenvalue weighted by Crippen LogP contribution is 2.40. The van der Waals surface area contributed by atoms with Gasteiger partial charge in [-0.05, 0) is 42.2 Å². The molecule has 1 aromatic rings. The average Bonchev–Trinajstić information content (AvgIpc) is 2.80. The fourth-order valence-electron chi connectivity index (χ4n) is 2.17. The van der Waals surface area contributed by atoms with Crippen LogP contribution in [0, 0.1) is 5.41 Å². The smallest absolute Gasteiger partial charge is 0.315 e. The molecule has 1 heterocycles. The normalized spacial score (nSPS) is 18.2. The second-order valence-corrected chi connectivity index (χ2v) is 5.82. The molecule has 0 saturated heterocycles. The molecule has 0 radical (unpaired) electrons. The van der Waals surface area contributed by atoms with Crippen LogP contribution in [0.5, 0.6) is 0 Å². The van der Waals surface area contributed by atoms with Crippen molar-refractivity contribution in [3.63, 3.8) is 0 Å². The molecule has 0 spiro atoms. The predicted molar refractivity (Wildman–Crippen MR) is 73.2 cm³/mol. The van der Waals surface area contributed by atoms with Gasteiger partial charge in [0.05, 0.1) is 11.5 Å². The Morgan fingerprint density at radius 1 is 1.53 bits per heavy atom. The molecule has 1 aliphatic carbocycles. The minimum Gasteiger partial charge on any atom is -0.481 e. The molecule has 1 atom stereocenters. The van der Waals surface area contributed by atoms with Crippen LogP contribution in [0.2, 0.25) is 0 Å². The van der Waals surface area contributed by atoms with Crippen molar-refractivity contribution in [2.45, 2.75) is 32.2 Å². The highest BCUT2D eigenvalue weighted by atomic mass is 32.1. The average molecular weight is 282 g/mol. The van der Waals surface area contributed by atoms with Gasteiger partial charge in [0.25, 0.3) is 0 Å². The maximum Gasteiger partial charge on any atom is 0.315 e. The summed E-state index contributed by atoms with van der Waals surface area (Å²) >= 11 is 1.58. The standard InChI is InChI=1S/C13H18N2O3S/c1-9(10-3-6-19-7-10)15-12(18)14-8-13(11(16)17)4-2-5-13/h3,6-7,9H,2,4-5,8H2,1H3,(H,16,17)(H2,14,15,18). The number of thiophene rings is 1. The molecule has 104 valence electrons. The number of carbonyl (C=O) groups is 2. The van der Waals surface area contributed by atoms with Gasteiger partial charge in [-0.15, -0.1) is 0 Å². The van der Waals surface area contributed by atoms with E-state index in [0.717, 1.165) is 12.0 Å². The van der Waals surface area contributed by atoms with Gasteiger partial charge in [0.2, 0.25) is 0 Å². The third-order valence-electron chi connectivity index (χ3n) is 3.74. The van der Waals surface area contributed by atoms with Gasteiger partial charge in [0.1, 0.15) is 0 Å². The number of carbonyl (C=O) groups excluding carboxylic acids is 1. The lowest BCUT2D eigenvalue weighted by Gasteiger charge is -2.37. The second kappa shape index (κ2) is 5.61. The van der Waals surface area contributed by atoms with Gasteiger partial charge >= 0.3 is 12.0 Å². The van der Waals surface area contributed by atoms with Gasteiger partial charge in [-0.3, -0.25) is 4.79 Å². The Bertz CT molecular complexity index is 454. The van der Waals surface area contributed by atoms with Crippen LogP contribution in [0.3, 0.4) is 0 Å². The van der Waals surface area contributed by atoms with E-state index in [9.17, 15) is 9.59 Å². The van der Waals surface area contributed by atoms with Crippen LogP contribution in [0.25, 0.3) is 0 Å². The van der Waals surface area contributed by atoms with Crippen molar-refractivity contribution in [1.82, 2.24) is 10.6 Å². The number of amides is 2. The molecule has 0 bridgehead atoms. The van der Waals surface area contributed by atoms with Crippen molar-refractivity contribution in [1.29, 1.82) is 0 Å². The molecule has 5 nitrogen and oxygen atoms in total. The molecule has 6 heteroatoms. The van der Waals surface area contributed by atoms with Crippen molar-refractivity contribution >= 4 is 23.3 Å². The van der Waals surface area contributed by atoms with Gasteiger partial charge < -0.3 is 15.7 Å². The van der Waals surface area contributed by atoms with E-state index in [4.69, 9.17) is 5.11 Å². The monoisotopic (exact) mass is 282 g/mol. The maximum absolute atomic E-state index is 11.7. The van der Waals surface area contributed by atoms with Crippen molar-refractivity contribution < 1.29 is 14.7 Å². The molecule has 2 amide bonds. The molecule has 3 N–H and O–H groups in total. The summed E-state index contributed by atoms with van der Waals surface area (Å²) in [4.78, 5) is 22.9. The number of carboxylic acids is 1. The number of urea groups is 1. The van der Waals surface area contributed by atoms with E-state index in [2.05, 4.69) is 10.6 Å². The number of nitrogens with one attached hydrogen (secondary N) is 2. The molecule has 1 fully saturated rings. The lowest BCUT2D eigenvalue weighted by Crippen LogP contribution is -2.50. The molecule has 2 rings (SSSR count). The largest absolute Gasteiger partial charge is 0.481 e. The Kier molecular flexibility index (Phi) is 4.09. The first-order chi connectivity index (χ1) is 9.03. The van der Waals surface area contributed by atoms with Gasteiger partial charge in [-0.25, -0.2) is 4.79 Å². The molecule has 1 aliphatic rings. The van der Waals surface area contributed by atoms with Gasteiger partial charge in [0.15, 0.2) is 0 Å². The van der Waals surface area contributed by atoms with E-state index < -0.39 is 11.4 Å². The van der Waals surface area contributed by atoms with E-state index in [1.54, 1.807) is 11.3 Å². The molecule has 1 saturated carbocycles. The Labute approximate surface area is 116 Å². The molecule has 0 aliphatic heterocycles. The number of carboxylic acid groups (broad SMARTS) is 1. The summed E-state index contributed by atoms with van der Waals surface area (Å²) in [7, 11) is 0. The number of hydrogen-bond acceptors (Lipinski definition) is 3. The van der Waals surface area contributed by atoms with Crippen molar-refractivity contribution in [2.75, 3.05) is 6.54 Å². The van der Waals surface area contributed by atoms with Crippen LogP contribution in [0.15, 0.2) is 16.8 Å². The predicted octanol–water partition coefficient (Wildman–Crippen LogP) is 2.36. The highest BCUT2D eigenvalue weighted by molar-refractivity contribution is 7.07. The number of rotatable bonds is 5. The first-order valence-corrected chi connectivity index (χ1v) is 7.28. The van der Waals surface area contributed by atoms with E-state index >= 15 is 0 Å². The van der Waals surface area contributed by atoms with Crippen LogP contribution in [-0.2, 0) is 4.79 Å². The molecular formula is C13H18N2O3S. The quantitative estimate of drug-likeness (QED) is 0.775. The number of aliphatic carboxylic acids is 1. The van der Waals surface area contributed by atoms with E-state index in [1.165, 1.54) is 0 Å². The van der Waals surface area contributed by atoms with Crippen LogP contribution in [0.4, 0.5) is 4.79 Å². The molecular weight excluding hydrogens is 264 g/mol. The Hall–Kier alpha value is -1.56. The summed E-state index contributed by atoms with van der Waals surface area (Å²) < 4.78 is 0. The molecule has 19 heavy (non-hydrogen) atoms. The van der Waals surface area contributed by atoms with Gasteiger partial charge in [-0.1, -0.05) is 6.42 Å². The summed E-state index contributed by atoms with van der Waals surface area (Å²) in [6, 6.07) is 1.57. The van der Waals surface area contributed by atoms with Crippen molar-refractivity contribution in [2.24, 2.45) is 5.41 Å². The zero-order valence-electron chi connectivity index (χ0n) is 10.8. The minimum atomic E-state index is -0.815.